The Balaban J connectivity index is 4.75. The lowest BCUT2D eigenvalue weighted by Gasteiger charge is -2.21. The van der Waals surface area contributed by atoms with Crippen LogP contribution < -0.4 is 0 Å². The van der Waals surface area contributed by atoms with E-state index in [4.69, 9.17) is 23.3 Å². The standard InChI is InChI=1S/C60H107O11P/c1-4-7-10-13-16-19-22-24-26-28-30-32-35-37-40-43-46-49-58(62)67-53-57(71-60(64)51-48-45-42-39-36-33-31-29-27-25-23-20-17-14-11-8-5-2)55-69-72(65,66)68-54-56(52-61)70-59(63)50-47-44-41-38-34-21-18-15-12-9-6-3/h8,11,15,17-18,20,25,27,31,33,56-57,61H,4-7,9-10,12-14,16,19,21-24,26,28-30,32,34-55H2,1-3H3,(H,65,66)/b11-8-,18-15-,20-17-,27-25-,33-31-. The highest BCUT2D eigenvalue weighted by molar-refractivity contribution is 7.47. The van der Waals surface area contributed by atoms with Crippen LogP contribution in [-0.4, -0.2) is 66.5 Å². The molecule has 0 bridgehead atoms. The van der Waals surface area contributed by atoms with Crippen molar-refractivity contribution < 1.29 is 52.2 Å². The Morgan fingerprint density at radius 2 is 0.736 bits per heavy atom. The molecule has 11 nitrogen and oxygen atoms in total. The van der Waals surface area contributed by atoms with Crippen LogP contribution in [0, 0.1) is 0 Å². The Labute approximate surface area is 440 Å². The number of allylic oxidation sites excluding steroid dienone is 10. The molecule has 0 radical (unpaired) electrons. The molecule has 0 fully saturated rings. The van der Waals surface area contributed by atoms with E-state index in [-0.39, 0.29) is 25.9 Å². The van der Waals surface area contributed by atoms with Crippen molar-refractivity contribution in [2.24, 2.45) is 0 Å². The predicted molar refractivity (Wildman–Crippen MR) is 298 cm³/mol. The van der Waals surface area contributed by atoms with E-state index < -0.39 is 57.8 Å². The summed E-state index contributed by atoms with van der Waals surface area (Å²) in [5, 5.41) is 9.79. The van der Waals surface area contributed by atoms with Crippen LogP contribution in [-0.2, 0) is 42.2 Å². The third-order valence-electron chi connectivity index (χ3n) is 12.4. The van der Waals surface area contributed by atoms with E-state index in [2.05, 4.69) is 81.5 Å². The molecule has 72 heavy (non-hydrogen) atoms. The molecule has 0 spiro atoms. The van der Waals surface area contributed by atoms with Gasteiger partial charge in [0.15, 0.2) is 6.10 Å². The highest BCUT2D eigenvalue weighted by atomic mass is 31.2. The number of phosphoric acid groups is 1. The van der Waals surface area contributed by atoms with Gasteiger partial charge in [0.05, 0.1) is 19.8 Å². The summed E-state index contributed by atoms with van der Waals surface area (Å²) in [6, 6.07) is 0. The highest BCUT2D eigenvalue weighted by Gasteiger charge is 2.28. The van der Waals surface area contributed by atoms with Crippen LogP contribution in [0.25, 0.3) is 0 Å². The van der Waals surface area contributed by atoms with E-state index in [0.29, 0.717) is 19.3 Å². The fourth-order valence-corrected chi connectivity index (χ4v) is 8.76. The SMILES string of the molecule is CC/C=C\C/C=C\C/C=C\C/C=C\CCCCCCC(=O)OC(COC(=O)CCCCCCCCCCCCCCCCCCC)COP(=O)(O)OCC(CO)OC(=O)CCCCCCC/C=C\CCCC. The first-order valence-electron chi connectivity index (χ1n) is 29.2. The molecule has 0 heterocycles. The zero-order valence-corrected chi connectivity index (χ0v) is 47.0. The van der Waals surface area contributed by atoms with Crippen LogP contribution in [0.3, 0.4) is 0 Å². The maximum absolute atomic E-state index is 12.9. The van der Waals surface area contributed by atoms with E-state index in [1.54, 1.807) is 0 Å². The van der Waals surface area contributed by atoms with Crippen LogP contribution in [0.1, 0.15) is 265 Å². The van der Waals surface area contributed by atoms with Crippen LogP contribution >= 0.6 is 7.82 Å². The zero-order chi connectivity index (χ0) is 52.7. The van der Waals surface area contributed by atoms with Crippen LogP contribution in [0.4, 0.5) is 0 Å². The number of esters is 3. The number of aliphatic hydroxyl groups is 1. The lowest BCUT2D eigenvalue weighted by Crippen LogP contribution is -2.30. The lowest BCUT2D eigenvalue weighted by atomic mass is 10.0. The molecule has 0 aliphatic heterocycles. The Morgan fingerprint density at radius 1 is 0.403 bits per heavy atom. The van der Waals surface area contributed by atoms with Crippen molar-refractivity contribution in [3.63, 3.8) is 0 Å². The second-order valence-corrected chi connectivity index (χ2v) is 20.9. The average molecular weight is 1040 g/mol. The van der Waals surface area contributed by atoms with Crippen LogP contribution in [0.5, 0.6) is 0 Å². The van der Waals surface area contributed by atoms with Crippen LogP contribution in [0.2, 0.25) is 0 Å². The molecule has 0 amide bonds. The first-order valence-corrected chi connectivity index (χ1v) is 30.7. The average Bonchev–Trinajstić information content (AvgIpc) is 3.37. The number of hydrogen-bond donors (Lipinski definition) is 2. The fraction of sp³-hybridized carbons (Fsp3) is 0.783. The van der Waals surface area contributed by atoms with Gasteiger partial charge in [-0.2, -0.15) is 0 Å². The van der Waals surface area contributed by atoms with Crippen molar-refractivity contribution in [3.8, 4) is 0 Å². The Bertz CT molecular complexity index is 1440. The van der Waals surface area contributed by atoms with Gasteiger partial charge in [-0.15, -0.1) is 0 Å². The van der Waals surface area contributed by atoms with Gasteiger partial charge >= 0.3 is 25.7 Å². The summed E-state index contributed by atoms with van der Waals surface area (Å²) < 4.78 is 39.5. The molecule has 12 heteroatoms. The Morgan fingerprint density at radius 3 is 1.17 bits per heavy atom. The second-order valence-electron chi connectivity index (χ2n) is 19.4. The number of phosphoric ester groups is 1. The minimum atomic E-state index is -4.75. The number of unbranched alkanes of at least 4 members (excludes halogenated alkanes) is 27. The quantitative estimate of drug-likeness (QED) is 0.0197. The minimum Gasteiger partial charge on any atom is -0.462 e. The summed E-state index contributed by atoms with van der Waals surface area (Å²) in [4.78, 5) is 48.5. The van der Waals surface area contributed by atoms with Crippen molar-refractivity contribution in [3.05, 3.63) is 60.8 Å². The summed E-state index contributed by atoms with van der Waals surface area (Å²) in [5.74, 6) is -1.49. The molecule has 418 valence electrons. The molecule has 0 aromatic heterocycles. The third-order valence-corrected chi connectivity index (χ3v) is 13.4. The first-order chi connectivity index (χ1) is 35.2. The number of aliphatic hydroxyl groups excluding tert-OH is 1. The van der Waals surface area contributed by atoms with Crippen molar-refractivity contribution in [1.29, 1.82) is 0 Å². The van der Waals surface area contributed by atoms with Crippen molar-refractivity contribution in [1.82, 2.24) is 0 Å². The highest BCUT2D eigenvalue weighted by Crippen LogP contribution is 2.43. The number of carbonyl (C=O) groups excluding carboxylic acids is 3. The third kappa shape index (κ3) is 52.1. The maximum Gasteiger partial charge on any atom is 0.472 e. The van der Waals surface area contributed by atoms with Crippen LogP contribution in [0.15, 0.2) is 60.8 Å². The van der Waals surface area contributed by atoms with Gasteiger partial charge in [-0.25, -0.2) is 4.57 Å². The molecular formula is C60H107O11P. The lowest BCUT2D eigenvalue weighted by molar-refractivity contribution is -0.161. The monoisotopic (exact) mass is 1030 g/mol. The topological polar surface area (TPSA) is 155 Å². The molecule has 0 aromatic rings. The smallest absolute Gasteiger partial charge is 0.462 e. The maximum atomic E-state index is 12.9. The van der Waals surface area contributed by atoms with E-state index in [1.165, 1.54) is 96.3 Å². The molecule has 3 atom stereocenters. The van der Waals surface area contributed by atoms with E-state index >= 15 is 0 Å². The molecule has 0 aromatic carbocycles. The number of carbonyl (C=O) groups is 3. The second kappa shape index (κ2) is 54.4. The number of rotatable bonds is 54. The van der Waals surface area contributed by atoms with E-state index in [9.17, 15) is 28.9 Å². The summed E-state index contributed by atoms with van der Waals surface area (Å²) in [5.41, 5.74) is 0. The van der Waals surface area contributed by atoms with E-state index in [1.807, 2.05) is 0 Å². The first kappa shape index (κ1) is 69.2. The predicted octanol–water partition coefficient (Wildman–Crippen LogP) is 17.1. The Kier molecular flexibility index (Phi) is 52.3. The largest absolute Gasteiger partial charge is 0.472 e. The summed E-state index contributed by atoms with van der Waals surface area (Å²) in [6.07, 6.45) is 59.0. The van der Waals surface area contributed by atoms with Gasteiger partial charge in [0.2, 0.25) is 0 Å². The van der Waals surface area contributed by atoms with Gasteiger partial charge in [0.1, 0.15) is 12.7 Å². The molecule has 2 N–H and O–H groups in total. The van der Waals surface area contributed by atoms with Gasteiger partial charge in [0, 0.05) is 19.3 Å². The molecular weight excluding hydrogens is 928 g/mol. The molecule has 0 saturated heterocycles. The van der Waals surface area contributed by atoms with Crippen molar-refractivity contribution in [2.45, 2.75) is 277 Å². The normalized spacial score (nSPS) is 13.8. The zero-order valence-electron chi connectivity index (χ0n) is 46.1. The summed E-state index contributed by atoms with van der Waals surface area (Å²) in [6.45, 7) is 4.48. The van der Waals surface area contributed by atoms with Gasteiger partial charge in [-0.1, -0.05) is 229 Å². The van der Waals surface area contributed by atoms with Gasteiger partial charge in [-0.3, -0.25) is 23.4 Å². The Hall–Kier alpha value is -2.82. The summed E-state index contributed by atoms with van der Waals surface area (Å²) >= 11 is 0. The van der Waals surface area contributed by atoms with E-state index in [0.717, 1.165) is 109 Å². The molecule has 0 saturated carbocycles. The van der Waals surface area contributed by atoms with Crippen molar-refractivity contribution in [2.75, 3.05) is 26.4 Å². The van der Waals surface area contributed by atoms with Gasteiger partial charge in [-0.05, 0) is 77.0 Å². The van der Waals surface area contributed by atoms with Crippen molar-refractivity contribution >= 4 is 25.7 Å². The fourth-order valence-electron chi connectivity index (χ4n) is 7.98. The summed E-state index contributed by atoms with van der Waals surface area (Å²) in [7, 11) is -4.75. The number of hydrogen-bond acceptors (Lipinski definition) is 10. The molecule has 0 rings (SSSR count). The van der Waals surface area contributed by atoms with Gasteiger partial charge in [0.25, 0.3) is 0 Å². The van der Waals surface area contributed by atoms with Gasteiger partial charge < -0.3 is 24.2 Å². The molecule has 0 aliphatic rings. The number of ether oxygens (including phenoxy) is 3. The molecule has 3 unspecified atom stereocenters. The molecule has 0 aliphatic carbocycles. The minimum absolute atomic E-state index is 0.140.